The summed E-state index contributed by atoms with van der Waals surface area (Å²) in [6, 6.07) is 0. The highest BCUT2D eigenvalue weighted by atomic mass is 32.2. The first-order chi connectivity index (χ1) is 10.5. The van der Waals surface area contributed by atoms with Gasteiger partial charge in [0.25, 0.3) is 0 Å². The molecule has 0 spiro atoms. The molecule has 1 aromatic heterocycles. The molecule has 0 saturated carbocycles. The average Bonchev–Trinajstić information content (AvgIpc) is 3.04. The summed E-state index contributed by atoms with van der Waals surface area (Å²) in [5, 5.41) is 26.2. The van der Waals surface area contributed by atoms with Crippen molar-refractivity contribution >= 4 is 35.4 Å². The highest BCUT2D eigenvalue weighted by Crippen LogP contribution is 2.53. The number of aliphatic carboxylic acids is 1. The number of aryl methyl sites for hydroxylation is 1. The number of fused-ring (bicyclic) bond motifs is 1. The maximum Gasteiger partial charge on any atom is 0.354 e. The molecule has 22 heavy (non-hydrogen) atoms. The van der Waals surface area contributed by atoms with Crippen molar-refractivity contribution < 1.29 is 19.8 Å². The van der Waals surface area contributed by atoms with Crippen LogP contribution in [-0.2, 0) is 16.1 Å². The SMILES string of the molecule is CC(O)[C@H]1C(=O)N2C(C(=O)O)=C(SCCn3ccnn3)S[C@H]12. The van der Waals surface area contributed by atoms with Gasteiger partial charge in [-0.2, -0.15) is 0 Å². The molecular formula is C12H14N4O4S2. The summed E-state index contributed by atoms with van der Waals surface area (Å²) in [6.07, 6.45) is 2.53. The molecule has 1 amide bonds. The maximum atomic E-state index is 12.0. The molecule has 8 nitrogen and oxygen atoms in total. The van der Waals surface area contributed by atoms with Crippen molar-refractivity contribution in [3.8, 4) is 0 Å². The van der Waals surface area contributed by atoms with Crippen molar-refractivity contribution in [2.24, 2.45) is 5.92 Å². The molecule has 3 heterocycles. The van der Waals surface area contributed by atoms with Crippen LogP contribution in [0, 0.1) is 5.92 Å². The van der Waals surface area contributed by atoms with Gasteiger partial charge < -0.3 is 10.2 Å². The zero-order valence-electron chi connectivity index (χ0n) is 11.6. The van der Waals surface area contributed by atoms with Crippen molar-refractivity contribution in [3.05, 3.63) is 22.3 Å². The highest BCUT2D eigenvalue weighted by molar-refractivity contribution is 8.22. The van der Waals surface area contributed by atoms with Crippen LogP contribution >= 0.6 is 23.5 Å². The number of carbonyl (C=O) groups excluding carboxylic acids is 1. The Bertz CT molecular complexity index is 631. The summed E-state index contributed by atoms with van der Waals surface area (Å²) in [7, 11) is 0. The Labute approximate surface area is 134 Å². The van der Waals surface area contributed by atoms with Crippen LogP contribution in [0.25, 0.3) is 0 Å². The number of hydrogen-bond donors (Lipinski definition) is 2. The molecule has 118 valence electrons. The summed E-state index contributed by atoms with van der Waals surface area (Å²) in [6.45, 7) is 2.15. The van der Waals surface area contributed by atoms with E-state index in [2.05, 4.69) is 10.3 Å². The van der Waals surface area contributed by atoms with Crippen LogP contribution < -0.4 is 0 Å². The van der Waals surface area contributed by atoms with E-state index < -0.39 is 18.0 Å². The fourth-order valence-electron chi connectivity index (χ4n) is 2.43. The molecule has 0 aromatic carbocycles. The van der Waals surface area contributed by atoms with Gasteiger partial charge in [0, 0.05) is 11.9 Å². The van der Waals surface area contributed by atoms with Crippen LogP contribution in [0.1, 0.15) is 6.92 Å². The molecule has 3 rings (SSSR count). The van der Waals surface area contributed by atoms with Crippen molar-refractivity contribution in [1.29, 1.82) is 0 Å². The van der Waals surface area contributed by atoms with E-state index in [1.807, 2.05) is 0 Å². The summed E-state index contributed by atoms with van der Waals surface area (Å²) in [4.78, 5) is 24.8. The van der Waals surface area contributed by atoms with E-state index in [1.54, 1.807) is 24.0 Å². The van der Waals surface area contributed by atoms with Crippen molar-refractivity contribution in [2.75, 3.05) is 5.75 Å². The summed E-state index contributed by atoms with van der Waals surface area (Å²) >= 11 is 2.72. The number of aliphatic hydroxyl groups excluding tert-OH is 1. The van der Waals surface area contributed by atoms with Gasteiger partial charge in [-0.15, -0.1) is 16.9 Å². The quantitative estimate of drug-likeness (QED) is 0.705. The van der Waals surface area contributed by atoms with Gasteiger partial charge in [0.15, 0.2) is 5.70 Å². The minimum absolute atomic E-state index is 0.0282. The average molecular weight is 342 g/mol. The van der Waals surface area contributed by atoms with Gasteiger partial charge in [-0.1, -0.05) is 17.0 Å². The van der Waals surface area contributed by atoms with Gasteiger partial charge in [0.05, 0.1) is 29.0 Å². The second-order valence-corrected chi connectivity index (χ2v) is 7.43. The topological polar surface area (TPSA) is 109 Å². The number of carboxylic acids is 1. The van der Waals surface area contributed by atoms with Gasteiger partial charge in [0.1, 0.15) is 5.37 Å². The molecule has 1 fully saturated rings. The van der Waals surface area contributed by atoms with Crippen LogP contribution in [0.4, 0.5) is 0 Å². The van der Waals surface area contributed by atoms with E-state index >= 15 is 0 Å². The van der Waals surface area contributed by atoms with Crippen LogP contribution in [0.2, 0.25) is 0 Å². The number of hydrogen-bond acceptors (Lipinski definition) is 7. The molecule has 1 unspecified atom stereocenters. The summed E-state index contributed by atoms with van der Waals surface area (Å²) < 4.78 is 2.26. The second kappa shape index (κ2) is 5.94. The monoisotopic (exact) mass is 342 g/mol. The molecule has 1 saturated heterocycles. The zero-order valence-corrected chi connectivity index (χ0v) is 13.3. The molecule has 2 aliphatic rings. The molecule has 1 aromatic rings. The van der Waals surface area contributed by atoms with E-state index in [-0.39, 0.29) is 17.0 Å². The third-order valence-corrected chi connectivity index (χ3v) is 6.13. The van der Waals surface area contributed by atoms with E-state index in [9.17, 15) is 19.8 Å². The van der Waals surface area contributed by atoms with Crippen LogP contribution in [-0.4, -0.2) is 59.2 Å². The number of thioether (sulfide) groups is 2. The standard InChI is InChI=1S/C12H14N4O4S2/c1-6(17)7-9(18)16-8(11(19)20)12(22-10(7)16)21-5-4-15-3-2-13-14-15/h2-3,6-7,10,17H,4-5H2,1H3,(H,19,20)/t6?,7-,10+/m0/s1. The lowest BCUT2D eigenvalue weighted by atomic mass is 9.92. The molecule has 0 aliphatic carbocycles. The van der Waals surface area contributed by atoms with Crippen molar-refractivity contribution in [2.45, 2.75) is 24.9 Å². The predicted octanol–water partition coefficient (Wildman–Crippen LogP) is 0.177. The third kappa shape index (κ3) is 2.50. The van der Waals surface area contributed by atoms with Crippen LogP contribution in [0.15, 0.2) is 22.3 Å². The predicted molar refractivity (Wildman–Crippen MR) is 80.5 cm³/mol. The molecule has 2 N–H and O–H groups in total. The zero-order chi connectivity index (χ0) is 15.9. The van der Waals surface area contributed by atoms with E-state index in [1.165, 1.54) is 28.4 Å². The van der Waals surface area contributed by atoms with Crippen molar-refractivity contribution in [3.63, 3.8) is 0 Å². The molecule has 0 radical (unpaired) electrons. The van der Waals surface area contributed by atoms with Gasteiger partial charge >= 0.3 is 5.97 Å². The fraction of sp³-hybridized carbons (Fsp3) is 0.500. The lowest BCUT2D eigenvalue weighted by Gasteiger charge is -2.43. The first kappa shape index (κ1) is 15.4. The van der Waals surface area contributed by atoms with Gasteiger partial charge in [0.2, 0.25) is 5.91 Å². The highest BCUT2D eigenvalue weighted by Gasteiger charge is 2.57. The van der Waals surface area contributed by atoms with Gasteiger partial charge in [-0.05, 0) is 6.92 Å². The molecule has 3 atom stereocenters. The van der Waals surface area contributed by atoms with E-state index in [0.717, 1.165) is 0 Å². The Hall–Kier alpha value is -1.52. The first-order valence-corrected chi connectivity index (χ1v) is 8.49. The molecular weight excluding hydrogens is 328 g/mol. The number of aromatic nitrogens is 3. The smallest absolute Gasteiger partial charge is 0.354 e. The van der Waals surface area contributed by atoms with Gasteiger partial charge in [-0.3, -0.25) is 14.4 Å². The van der Waals surface area contributed by atoms with Crippen molar-refractivity contribution in [1.82, 2.24) is 19.9 Å². The summed E-state index contributed by atoms with van der Waals surface area (Å²) in [5.74, 6) is -1.35. The van der Waals surface area contributed by atoms with Crippen LogP contribution in [0.3, 0.4) is 0 Å². The number of β-lactam (4-membered cyclic amide) rings is 1. The largest absolute Gasteiger partial charge is 0.477 e. The Morgan fingerprint density at radius 1 is 1.59 bits per heavy atom. The Morgan fingerprint density at radius 2 is 2.36 bits per heavy atom. The first-order valence-electron chi connectivity index (χ1n) is 6.63. The second-order valence-electron chi connectivity index (χ2n) is 4.94. The Balaban J connectivity index is 1.70. The number of amides is 1. The lowest BCUT2D eigenvalue weighted by Crippen LogP contribution is -2.60. The lowest BCUT2D eigenvalue weighted by molar-refractivity contribution is -0.156. The van der Waals surface area contributed by atoms with Gasteiger partial charge in [-0.25, -0.2) is 4.79 Å². The van der Waals surface area contributed by atoms with E-state index in [4.69, 9.17) is 0 Å². The Kier molecular flexibility index (Phi) is 4.15. The number of carboxylic acid groups (broad SMARTS) is 1. The molecule has 10 heteroatoms. The number of aliphatic hydroxyl groups is 1. The normalized spacial score (nSPS) is 25.2. The minimum Gasteiger partial charge on any atom is -0.477 e. The summed E-state index contributed by atoms with van der Waals surface area (Å²) in [5.41, 5.74) is 0.0282. The number of carbonyl (C=O) groups is 2. The molecule has 2 aliphatic heterocycles. The maximum absolute atomic E-state index is 12.0. The third-order valence-electron chi connectivity index (χ3n) is 3.49. The molecule has 0 bridgehead atoms. The van der Waals surface area contributed by atoms with Crippen LogP contribution in [0.5, 0.6) is 0 Å². The minimum atomic E-state index is -1.12. The fourth-order valence-corrected chi connectivity index (χ4v) is 5.36. The number of rotatable bonds is 6. The van der Waals surface area contributed by atoms with E-state index in [0.29, 0.717) is 16.5 Å². The number of nitrogens with zero attached hydrogens (tertiary/aromatic N) is 4. The Morgan fingerprint density at radius 3 is 2.95 bits per heavy atom.